The highest BCUT2D eigenvalue weighted by Gasteiger charge is 2.29. The van der Waals surface area contributed by atoms with Gasteiger partial charge in [0.25, 0.3) is 5.69 Å². The molecule has 0 amide bonds. The molecule has 1 atom stereocenters. The van der Waals surface area contributed by atoms with E-state index in [4.69, 9.17) is 0 Å². The van der Waals surface area contributed by atoms with Gasteiger partial charge in [-0.1, -0.05) is 13.8 Å². The Balaban J connectivity index is 0.00000364. The van der Waals surface area contributed by atoms with Gasteiger partial charge in [0.1, 0.15) is 5.78 Å². The van der Waals surface area contributed by atoms with Crippen LogP contribution in [0.2, 0.25) is 0 Å². The molecule has 13 heteroatoms. The summed E-state index contributed by atoms with van der Waals surface area (Å²) in [6.45, 7) is 3.45. The van der Waals surface area contributed by atoms with Crippen molar-refractivity contribution in [1.82, 2.24) is 15.3 Å². The van der Waals surface area contributed by atoms with E-state index < -0.39 is 29.4 Å². The van der Waals surface area contributed by atoms with E-state index in [0.29, 0.717) is 0 Å². The number of nitrogens with zero attached hydrogens (tertiary/aromatic N) is 1. The summed E-state index contributed by atoms with van der Waals surface area (Å²) in [5.41, 5.74) is -1.77. The number of nitro benzene ring substituents is 1. The quantitative estimate of drug-likeness (QED) is 0.175. The highest BCUT2D eigenvalue weighted by Crippen LogP contribution is 2.42. The van der Waals surface area contributed by atoms with Crippen LogP contribution in [0.25, 0.3) is 11.0 Å². The first-order chi connectivity index (χ1) is 12.0. The fourth-order valence-corrected chi connectivity index (χ4v) is 3.57. The predicted molar refractivity (Wildman–Crippen MR) is 104 cm³/mol. The Morgan fingerprint density at radius 1 is 1.22 bits per heavy atom. The zero-order valence-corrected chi connectivity index (χ0v) is 17.1. The van der Waals surface area contributed by atoms with Crippen LogP contribution < -0.4 is 16.4 Å². The second-order valence-corrected chi connectivity index (χ2v) is 8.11. The molecular weight excluding hydrogens is 447 g/mol. The minimum absolute atomic E-state index is 0. The molecule has 0 aliphatic carbocycles. The first kappa shape index (κ1) is 23.2. The fourth-order valence-electron chi connectivity index (χ4n) is 2.54. The van der Waals surface area contributed by atoms with Crippen molar-refractivity contribution in [1.29, 1.82) is 0 Å². The molecule has 2 rings (SSSR count). The standard InChI is InChI=1S/C14H19N4O7P.BrH/c1-7(2)3-11(26(23,24)25)15-6-8-4-9(18(21)22)5-10-12(8)17-14(20)13(19)16-10;/h4-5,7,11,15H,3,6H2,1-2H3,(H,16,19)(H,17,20)(H2,23,24,25);1H. The Morgan fingerprint density at radius 3 is 2.33 bits per heavy atom. The molecule has 1 heterocycles. The van der Waals surface area contributed by atoms with E-state index >= 15 is 0 Å². The number of fused-ring (bicyclic) bond motifs is 1. The lowest BCUT2D eigenvalue weighted by Crippen LogP contribution is -2.31. The van der Waals surface area contributed by atoms with Crippen molar-refractivity contribution >= 4 is 41.3 Å². The summed E-state index contributed by atoms with van der Waals surface area (Å²) >= 11 is 0. The average Bonchev–Trinajstić information content (AvgIpc) is 2.50. The normalized spacial score (nSPS) is 12.8. The number of aromatic amines is 2. The Morgan fingerprint density at radius 2 is 1.81 bits per heavy atom. The number of halogens is 1. The Kier molecular flexibility index (Phi) is 7.64. The maximum absolute atomic E-state index is 11.6. The van der Waals surface area contributed by atoms with Crippen molar-refractivity contribution in [3.05, 3.63) is 48.5 Å². The summed E-state index contributed by atoms with van der Waals surface area (Å²) in [7, 11) is -4.45. The Labute approximate surface area is 163 Å². The van der Waals surface area contributed by atoms with Crippen molar-refractivity contribution in [2.75, 3.05) is 0 Å². The molecule has 150 valence electrons. The Hall–Kier alpha value is -1.85. The number of nitrogens with one attached hydrogen (secondary N) is 3. The van der Waals surface area contributed by atoms with Gasteiger partial charge in [-0.15, -0.1) is 17.0 Å². The summed E-state index contributed by atoms with van der Waals surface area (Å²) in [6, 6.07) is 2.28. The Bertz CT molecular complexity index is 997. The summed E-state index contributed by atoms with van der Waals surface area (Å²) < 4.78 is 11.6. The van der Waals surface area contributed by atoms with Gasteiger partial charge in [-0.05, 0) is 17.9 Å². The molecule has 2 aromatic rings. The molecule has 11 nitrogen and oxygen atoms in total. The molecule has 1 aromatic heterocycles. The van der Waals surface area contributed by atoms with Crippen molar-refractivity contribution < 1.29 is 19.3 Å². The van der Waals surface area contributed by atoms with E-state index in [1.54, 1.807) is 13.8 Å². The molecule has 0 fully saturated rings. The smallest absolute Gasteiger partial charge is 0.323 e. The number of nitro groups is 1. The van der Waals surface area contributed by atoms with Gasteiger partial charge in [-0.3, -0.25) is 29.6 Å². The largest absolute Gasteiger partial charge is 0.342 e. The molecule has 0 saturated carbocycles. The van der Waals surface area contributed by atoms with Crippen molar-refractivity contribution in [2.24, 2.45) is 5.92 Å². The van der Waals surface area contributed by atoms with Crippen LogP contribution in [0.3, 0.4) is 0 Å². The lowest BCUT2D eigenvalue weighted by Gasteiger charge is -2.22. The highest BCUT2D eigenvalue weighted by molar-refractivity contribution is 8.93. The number of rotatable bonds is 7. The maximum Gasteiger partial charge on any atom is 0.342 e. The SMILES string of the molecule is Br.CC(C)CC(NCc1cc([N+](=O)[O-])cc2[nH]c(=O)c(=O)[nH]c12)P(=O)(O)O. The summed E-state index contributed by atoms with van der Waals surface area (Å²) in [4.78, 5) is 57.0. The monoisotopic (exact) mass is 466 g/mol. The van der Waals surface area contributed by atoms with Crippen LogP contribution in [0.5, 0.6) is 0 Å². The van der Waals surface area contributed by atoms with Gasteiger partial charge >= 0.3 is 18.7 Å². The van der Waals surface area contributed by atoms with E-state index in [0.717, 1.165) is 6.07 Å². The van der Waals surface area contributed by atoms with Gasteiger partial charge in [0.2, 0.25) is 0 Å². The summed E-state index contributed by atoms with van der Waals surface area (Å²) in [5, 5.41) is 13.8. The third-order valence-corrected chi connectivity index (χ3v) is 4.94. The summed E-state index contributed by atoms with van der Waals surface area (Å²) in [6.07, 6.45) is 0.185. The molecule has 27 heavy (non-hydrogen) atoms. The van der Waals surface area contributed by atoms with Crippen LogP contribution in [0.4, 0.5) is 5.69 Å². The second kappa shape index (κ2) is 8.89. The molecule has 1 unspecified atom stereocenters. The third kappa shape index (κ3) is 5.81. The first-order valence-electron chi connectivity index (χ1n) is 7.71. The van der Waals surface area contributed by atoms with E-state index in [9.17, 15) is 34.1 Å². The zero-order chi connectivity index (χ0) is 19.6. The molecule has 0 spiro atoms. The van der Waals surface area contributed by atoms with Crippen LogP contribution in [0.1, 0.15) is 25.8 Å². The van der Waals surface area contributed by atoms with Gasteiger partial charge in [0.15, 0.2) is 0 Å². The van der Waals surface area contributed by atoms with Crippen molar-refractivity contribution in [2.45, 2.75) is 32.6 Å². The lowest BCUT2D eigenvalue weighted by atomic mass is 10.1. The highest BCUT2D eigenvalue weighted by atomic mass is 79.9. The lowest BCUT2D eigenvalue weighted by molar-refractivity contribution is -0.384. The number of aromatic nitrogens is 2. The predicted octanol–water partition coefficient (Wildman–Crippen LogP) is 1.34. The van der Waals surface area contributed by atoms with Gasteiger partial charge in [0, 0.05) is 18.7 Å². The molecule has 0 saturated heterocycles. The van der Waals surface area contributed by atoms with Gasteiger partial charge < -0.3 is 19.8 Å². The number of hydrogen-bond acceptors (Lipinski definition) is 6. The zero-order valence-electron chi connectivity index (χ0n) is 14.5. The van der Waals surface area contributed by atoms with Crippen LogP contribution in [0.15, 0.2) is 21.7 Å². The number of hydrogen-bond donors (Lipinski definition) is 5. The first-order valence-corrected chi connectivity index (χ1v) is 9.39. The van der Waals surface area contributed by atoms with Crippen LogP contribution in [-0.2, 0) is 11.1 Å². The summed E-state index contributed by atoms with van der Waals surface area (Å²) in [5.74, 6) is -1.15. The number of H-pyrrole nitrogens is 2. The molecule has 5 N–H and O–H groups in total. The molecular formula is C14H20BrN4O7P. The van der Waals surface area contributed by atoms with E-state index in [1.165, 1.54) is 6.07 Å². The molecule has 1 aromatic carbocycles. The van der Waals surface area contributed by atoms with Gasteiger partial charge in [-0.25, -0.2) is 0 Å². The average molecular weight is 467 g/mol. The topological polar surface area (TPSA) is 178 Å². The number of benzene rings is 1. The molecule has 0 aliphatic rings. The molecule has 0 bridgehead atoms. The van der Waals surface area contributed by atoms with Crippen LogP contribution in [-0.4, -0.2) is 30.5 Å². The van der Waals surface area contributed by atoms with E-state index in [2.05, 4.69) is 15.3 Å². The minimum Gasteiger partial charge on any atom is -0.323 e. The van der Waals surface area contributed by atoms with E-state index in [1.807, 2.05) is 0 Å². The molecule has 0 aliphatic heterocycles. The minimum atomic E-state index is -4.45. The number of non-ortho nitro benzene ring substituents is 1. The van der Waals surface area contributed by atoms with E-state index in [-0.39, 0.29) is 58.1 Å². The van der Waals surface area contributed by atoms with Crippen LogP contribution in [0, 0.1) is 16.0 Å². The maximum atomic E-state index is 11.6. The van der Waals surface area contributed by atoms with Crippen LogP contribution >= 0.6 is 24.6 Å². The third-order valence-electron chi connectivity index (χ3n) is 3.74. The van der Waals surface area contributed by atoms with Gasteiger partial charge in [-0.2, -0.15) is 0 Å². The van der Waals surface area contributed by atoms with Crippen molar-refractivity contribution in [3.8, 4) is 0 Å². The fraction of sp³-hybridized carbons (Fsp3) is 0.429. The van der Waals surface area contributed by atoms with Gasteiger partial charge in [0.05, 0.1) is 16.0 Å². The second-order valence-electron chi connectivity index (χ2n) is 6.31. The van der Waals surface area contributed by atoms with Crippen molar-refractivity contribution in [3.63, 3.8) is 0 Å². The molecule has 0 radical (unpaired) electrons.